The number of nitrogens with zero attached hydrogens (tertiary/aromatic N) is 2. The summed E-state index contributed by atoms with van der Waals surface area (Å²) >= 11 is 6.49. The van der Waals surface area contributed by atoms with Crippen LogP contribution in [-0.2, 0) is 22.4 Å². The van der Waals surface area contributed by atoms with Crippen LogP contribution in [0.2, 0.25) is 5.02 Å². The fourth-order valence-corrected chi connectivity index (χ4v) is 6.07. The number of halogens is 1. The van der Waals surface area contributed by atoms with Gasteiger partial charge in [-0.3, -0.25) is 4.79 Å². The maximum atomic E-state index is 11.9. The second-order valence-corrected chi connectivity index (χ2v) is 10.8. The summed E-state index contributed by atoms with van der Waals surface area (Å²) in [7, 11) is 1.91. The summed E-state index contributed by atoms with van der Waals surface area (Å²) in [5, 5.41) is 35.9. The number of phenolic OH excluding ortho intramolecular Hbond substituents is 1. The van der Waals surface area contributed by atoms with Gasteiger partial charge >= 0.3 is 5.97 Å². The van der Waals surface area contributed by atoms with Gasteiger partial charge in [0, 0.05) is 24.1 Å². The van der Waals surface area contributed by atoms with Crippen LogP contribution in [0, 0.1) is 5.92 Å². The molecule has 1 aromatic heterocycles. The van der Waals surface area contributed by atoms with Crippen LogP contribution in [0.4, 0.5) is 0 Å². The number of hydrogen-bond donors (Lipinski definition) is 4. The third-order valence-corrected chi connectivity index (χ3v) is 8.25. The van der Waals surface area contributed by atoms with E-state index in [4.69, 9.17) is 26.1 Å². The molecule has 4 unspecified atom stereocenters. The molecule has 0 amide bonds. The highest BCUT2D eigenvalue weighted by atomic mass is 35.5. The van der Waals surface area contributed by atoms with Gasteiger partial charge in [-0.2, -0.15) is 0 Å². The monoisotopic (exact) mass is 557 g/mol. The molecule has 0 bridgehead atoms. The van der Waals surface area contributed by atoms with Crippen LogP contribution in [0.25, 0.3) is 11.0 Å². The van der Waals surface area contributed by atoms with Crippen molar-refractivity contribution in [3.63, 3.8) is 0 Å². The Morgan fingerprint density at radius 3 is 2.79 bits per heavy atom. The van der Waals surface area contributed by atoms with E-state index in [1.54, 1.807) is 12.1 Å². The number of benzene rings is 2. The van der Waals surface area contributed by atoms with E-state index in [2.05, 4.69) is 12.2 Å². The number of aromatic nitrogens is 2. The summed E-state index contributed by atoms with van der Waals surface area (Å²) in [5.74, 6) is 0.0381. The van der Waals surface area contributed by atoms with Gasteiger partial charge in [-0.05, 0) is 81.5 Å². The highest BCUT2D eigenvalue weighted by Gasteiger charge is 2.33. The maximum absolute atomic E-state index is 11.9. The van der Waals surface area contributed by atoms with E-state index >= 15 is 0 Å². The lowest BCUT2D eigenvalue weighted by Gasteiger charge is -2.30. The van der Waals surface area contributed by atoms with Crippen molar-refractivity contribution in [3.05, 3.63) is 51.8 Å². The topological polar surface area (TPSA) is 134 Å². The standard InChI is InChI=1S/C28H34ClN3O5.CH2O/c1-15(30-2)6-7-20-23(33)9-8-22-24(20)31-27(32(22)19-5-3-4-17(13-19)28(35)36)25(34)18-12-16-10-11-37-26(16)21(29)14-18;1-2/h8-9,12,14-15,17,19,25,30,33-34H,3-7,10-11,13H2,1-2H3,(H,35,36);1H2. The van der Waals surface area contributed by atoms with E-state index in [-0.39, 0.29) is 17.8 Å². The average Bonchev–Trinajstić information content (AvgIpc) is 3.58. The minimum atomic E-state index is -1.08. The Balaban J connectivity index is 0.00000172. The molecule has 2 aliphatic rings. The van der Waals surface area contributed by atoms with Crippen molar-refractivity contribution in [1.82, 2.24) is 14.9 Å². The number of hydrogen-bond acceptors (Lipinski definition) is 7. The Labute approximate surface area is 232 Å². The Morgan fingerprint density at radius 1 is 1.31 bits per heavy atom. The van der Waals surface area contributed by atoms with Crippen molar-refractivity contribution >= 4 is 35.4 Å². The normalized spacial score (nSPS) is 20.0. The molecule has 39 heavy (non-hydrogen) atoms. The molecule has 4 N–H and O–H groups in total. The Bertz CT molecular complexity index is 1340. The lowest BCUT2D eigenvalue weighted by Crippen LogP contribution is -2.26. The summed E-state index contributed by atoms with van der Waals surface area (Å²) in [5.41, 5.74) is 3.74. The first-order valence-electron chi connectivity index (χ1n) is 13.3. The summed E-state index contributed by atoms with van der Waals surface area (Å²) in [4.78, 5) is 24.8. The molecule has 0 saturated heterocycles. The van der Waals surface area contributed by atoms with Gasteiger partial charge in [0.05, 0.1) is 28.6 Å². The molecular formula is C29H36ClN3O6. The van der Waals surface area contributed by atoms with E-state index in [1.807, 2.05) is 30.5 Å². The number of imidazole rings is 1. The number of carbonyl (C=O) groups excluding carboxylic acids is 1. The summed E-state index contributed by atoms with van der Waals surface area (Å²) in [6.07, 6.45) is 3.74. The smallest absolute Gasteiger partial charge is 0.306 e. The van der Waals surface area contributed by atoms with Crippen LogP contribution in [0.3, 0.4) is 0 Å². The second kappa shape index (κ2) is 12.4. The quantitative estimate of drug-likeness (QED) is 0.316. The zero-order valence-corrected chi connectivity index (χ0v) is 23.1. The predicted molar refractivity (Wildman–Crippen MR) is 149 cm³/mol. The van der Waals surface area contributed by atoms with Crippen LogP contribution in [0.15, 0.2) is 24.3 Å². The molecule has 1 aliphatic carbocycles. The lowest BCUT2D eigenvalue weighted by atomic mass is 9.85. The number of rotatable bonds is 8. The van der Waals surface area contributed by atoms with Crippen LogP contribution >= 0.6 is 11.6 Å². The first-order chi connectivity index (χ1) is 18.8. The SMILES string of the molecule is C=O.CNC(C)CCc1c(O)ccc2c1nc(C(O)c1cc(Cl)c3c(c1)CCO3)n2C1CCCC(C(=O)O)C1. The number of aryl methyl sites for hydroxylation is 1. The molecule has 4 atom stereocenters. The van der Waals surface area contributed by atoms with Crippen molar-refractivity contribution in [2.75, 3.05) is 13.7 Å². The van der Waals surface area contributed by atoms with Crippen molar-refractivity contribution in [2.45, 2.75) is 70.1 Å². The number of aliphatic hydroxyl groups excluding tert-OH is 1. The number of carbonyl (C=O) groups is 2. The molecule has 0 spiro atoms. The largest absolute Gasteiger partial charge is 0.508 e. The van der Waals surface area contributed by atoms with Gasteiger partial charge in [0.1, 0.15) is 30.2 Å². The number of fused-ring (bicyclic) bond motifs is 2. The molecule has 1 saturated carbocycles. The van der Waals surface area contributed by atoms with Gasteiger partial charge in [-0.1, -0.05) is 18.0 Å². The van der Waals surface area contributed by atoms with Gasteiger partial charge in [0.25, 0.3) is 0 Å². The van der Waals surface area contributed by atoms with Gasteiger partial charge in [-0.25, -0.2) is 4.98 Å². The molecule has 9 nitrogen and oxygen atoms in total. The molecule has 3 aromatic rings. The van der Waals surface area contributed by atoms with E-state index in [0.717, 1.165) is 42.3 Å². The third-order valence-electron chi connectivity index (χ3n) is 7.97. The average molecular weight is 558 g/mol. The molecule has 2 heterocycles. The fraction of sp³-hybridized carbons (Fsp3) is 0.483. The third kappa shape index (κ3) is 5.76. The van der Waals surface area contributed by atoms with Crippen LogP contribution in [0.1, 0.15) is 73.7 Å². The summed E-state index contributed by atoms with van der Waals surface area (Å²) < 4.78 is 7.64. The maximum Gasteiger partial charge on any atom is 0.306 e. The van der Waals surface area contributed by atoms with Crippen molar-refractivity contribution in [1.29, 1.82) is 0 Å². The van der Waals surface area contributed by atoms with Crippen LogP contribution in [0.5, 0.6) is 11.5 Å². The molecule has 1 fully saturated rings. The minimum Gasteiger partial charge on any atom is -0.508 e. The molecule has 10 heteroatoms. The predicted octanol–water partition coefficient (Wildman–Crippen LogP) is 4.58. The van der Waals surface area contributed by atoms with Gasteiger partial charge < -0.3 is 34.7 Å². The Morgan fingerprint density at radius 2 is 2.08 bits per heavy atom. The van der Waals surface area contributed by atoms with E-state index in [1.165, 1.54) is 0 Å². The number of carboxylic acids is 1. The number of phenols is 1. The van der Waals surface area contributed by atoms with E-state index in [0.29, 0.717) is 53.5 Å². The number of aliphatic carboxylic acids is 1. The minimum absolute atomic E-state index is 0.133. The first kappa shape index (κ1) is 28.9. The van der Waals surface area contributed by atoms with Crippen LogP contribution in [-0.4, -0.2) is 57.3 Å². The van der Waals surface area contributed by atoms with Gasteiger partial charge in [-0.15, -0.1) is 0 Å². The lowest BCUT2D eigenvalue weighted by molar-refractivity contribution is -0.143. The highest BCUT2D eigenvalue weighted by Crippen LogP contribution is 2.42. The van der Waals surface area contributed by atoms with Crippen LogP contribution < -0.4 is 10.1 Å². The molecule has 0 radical (unpaired) electrons. The molecule has 5 rings (SSSR count). The van der Waals surface area contributed by atoms with E-state index in [9.17, 15) is 20.1 Å². The van der Waals surface area contributed by atoms with Crippen molar-refractivity contribution in [3.8, 4) is 11.5 Å². The summed E-state index contributed by atoms with van der Waals surface area (Å²) in [6.45, 7) is 4.64. The summed E-state index contributed by atoms with van der Waals surface area (Å²) in [6, 6.07) is 7.26. The Kier molecular flexibility index (Phi) is 9.15. The molecule has 2 aromatic carbocycles. The molecule has 210 valence electrons. The number of aliphatic hydroxyl groups is 1. The van der Waals surface area contributed by atoms with Gasteiger partial charge in [0.15, 0.2) is 0 Å². The number of aromatic hydroxyl groups is 1. The Hall–Kier alpha value is -3.14. The number of carboxylic acid groups (broad SMARTS) is 1. The van der Waals surface area contributed by atoms with Gasteiger partial charge in [0.2, 0.25) is 0 Å². The van der Waals surface area contributed by atoms with E-state index < -0.39 is 18.0 Å². The second-order valence-electron chi connectivity index (χ2n) is 10.3. The first-order valence-corrected chi connectivity index (χ1v) is 13.7. The zero-order chi connectivity index (χ0) is 28.3. The molecular weight excluding hydrogens is 522 g/mol. The highest BCUT2D eigenvalue weighted by molar-refractivity contribution is 6.32. The van der Waals surface area contributed by atoms with Crippen molar-refractivity contribution < 1.29 is 29.6 Å². The number of ether oxygens (including phenoxy) is 1. The number of nitrogens with one attached hydrogen (secondary N) is 1. The fourth-order valence-electron chi connectivity index (χ4n) is 5.77. The van der Waals surface area contributed by atoms with Crippen molar-refractivity contribution in [2.24, 2.45) is 5.92 Å². The molecule has 1 aliphatic heterocycles. The zero-order valence-electron chi connectivity index (χ0n) is 22.3.